The van der Waals surface area contributed by atoms with Crippen LogP contribution in [0.15, 0.2) is 231 Å². The van der Waals surface area contributed by atoms with Crippen LogP contribution in [0.5, 0.6) is 0 Å². The van der Waals surface area contributed by atoms with Gasteiger partial charge < -0.3 is 18.9 Å². The summed E-state index contributed by atoms with van der Waals surface area (Å²) < 4.78 is 5.47. The fraction of sp³-hybridized carbons (Fsp3) is 0.167. The zero-order valence-electron chi connectivity index (χ0n) is 43.7. The Morgan fingerprint density at radius 2 is 0.684 bits per heavy atom. The summed E-state index contributed by atoms with van der Waals surface area (Å²) in [6.45, 7) is 9.47. The number of hydrogen-bond donors (Lipinski definition) is 0. The van der Waals surface area contributed by atoms with Crippen molar-refractivity contribution in [1.29, 1.82) is 0 Å². The predicted octanol–water partition coefficient (Wildman–Crippen LogP) is 19.8. The van der Waals surface area contributed by atoms with Gasteiger partial charge in [0.2, 0.25) is 0 Å². The lowest BCUT2D eigenvalue weighted by atomic mass is 9.82. The summed E-state index contributed by atoms with van der Waals surface area (Å²) in [7, 11) is 0. The lowest BCUT2D eigenvalue weighted by molar-refractivity contribution is 0.259. The van der Waals surface area contributed by atoms with E-state index in [0.717, 1.165) is 41.3 Å². The minimum absolute atomic E-state index is 0.0551. The third-order valence-corrected chi connectivity index (χ3v) is 17.9. The van der Waals surface area contributed by atoms with Gasteiger partial charge in [-0.05, 0) is 154 Å². The molecule has 2 heterocycles. The summed E-state index contributed by atoms with van der Waals surface area (Å²) in [6.07, 6.45) is 4.61. The average molecular weight is 981 g/mol. The summed E-state index contributed by atoms with van der Waals surface area (Å²) in [5, 5.41) is 5.18. The summed E-state index contributed by atoms with van der Waals surface area (Å²) in [5.41, 5.74) is 22.9. The van der Waals surface area contributed by atoms with Gasteiger partial charge in [-0.25, -0.2) is 0 Å². The molecule has 4 heteroatoms. The van der Waals surface area contributed by atoms with Crippen LogP contribution in [0, 0.1) is 0 Å². The van der Waals surface area contributed by atoms with E-state index in [1.807, 2.05) is 0 Å². The number of aromatic nitrogens is 2. The van der Waals surface area contributed by atoms with Gasteiger partial charge in [-0.2, -0.15) is 0 Å². The molecular formula is C72H60N4. The molecule has 4 nitrogen and oxygen atoms in total. The number of rotatable bonds is 8. The van der Waals surface area contributed by atoms with Crippen LogP contribution in [0.3, 0.4) is 0 Å². The van der Waals surface area contributed by atoms with E-state index in [4.69, 9.17) is 0 Å². The molecule has 76 heavy (non-hydrogen) atoms. The Morgan fingerprint density at radius 3 is 1.24 bits per heavy atom. The monoisotopic (exact) mass is 980 g/mol. The Balaban J connectivity index is 0.860. The molecule has 0 N–H and O–H groups in total. The normalized spacial score (nSPS) is 16.9. The Kier molecular flexibility index (Phi) is 10.0. The molecule has 3 aliphatic carbocycles. The summed E-state index contributed by atoms with van der Waals surface area (Å²) in [5.74, 6) is 0. The summed E-state index contributed by atoms with van der Waals surface area (Å²) in [4.78, 5) is 4.92. The van der Waals surface area contributed by atoms with Crippen LogP contribution in [0.25, 0.3) is 65.9 Å². The van der Waals surface area contributed by atoms with E-state index in [1.54, 1.807) is 0 Å². The second-order valence-corrected chi connectivity index (χ2v) is 22.7. The van der Waals surface area contributed by atoms with E-state index in [1.165, 1.54) is 107 Å². The standard InChI is InChI=1S/C72H60N4/c1-71(2)62-30-16-12-26-54(62)58-43-49(36-40-63(58)71)73(47-21-7-5-8-22-47)50-37-41-67-59(44-50)56-27-13-17-31-65(56)75(67)69-33-19-20-34-70(69)76-66-32-18-14-28-57(66)60-45-51(38-42-68(60)76)74(48-23-9-6-10-24-48)52-35-39-55-53-25-11-15-29-61(53)72(3,4)64(55)46-52/h5-18,21-32,35-46,69-70H,19-20,33-34H2,1-4H3. The average Bonchev–Trinajstić information content (AvgIpc) is 4.24. The Hall–Kier alpha value is -8.60. The van der Waals surface area contributed by atoms with Crippen LogP contribution in [-0.4, -0.2) is 9.13 Å². The molecule has 3 aliphatic rings. The van der Waals surface area contributed by atoms with Crippen molar-refractivity contribution in [2.24, 2.45) is 0 Å². The van der Waals surface area contributed by atoms with Crippen LogP contribution in [0.1, 0.15) is 87.7 Å². The molecular weight excluding hydrogens is 921 g/mol. The van der Waals surface area contributed by atoms with Gasteiger partial charge in [0.1, 0.15) is 0 Å². The highest BCUT2D eigenvalue weighted by Crippen LogP contribution is 2.54. The molecule has 10 aromatic carbocycles. The van der Waals surface area contributed by atoms with Crippen LogP contribution >= 0.6 is 0 Å². The van der Waals surface area contributed by atoms with Crippen molar-refractivity contribution >= 4 is 77.7 Å². The van der Waals surface area contributed by atoms with Gasteiger partial charge in [0.15, 0.2) is 0 Å². The molecule has 0 amide bonds. The summed E-state index contributed by atoms with van der Waals surface area (Å²) in [6, 6.07) is 87.3. The van der Waals surface area contributed by atoms with Crippen LogP contribution in [0.4, 0.5) is 34.1 Å². The molecule has 2 atom stereocenters. The first-order valence-corrected chi connectivity index (χ1v) is 27.5. The SMILES string of the molecule is CC1(C)c2ccccc2-c2cc(N(c3ccccc3)c3ccc4c(c3)c3ccccc3n4C3CCCCC3n3c4ccccc4c4cc(N(c5ccccc5)c5ccc6c(c5)C(C)(C)c5ccccc5-6)ccc43)ccc21. The number of fused-ring (bicyclic) bond motifs is 12. The fourth-order valence-electron chi connectivity index (χ4n) is 14.4. The predicted molar refractivity (Wildman–Crippen MR) is 320 cm³/mol. The van der Waals surface area contributed by atoms with Crippen LogP contribution in [-0.2, 0) is 10.8 Å². The molecule has 368 valence electrons. The van der Waals surface area contributed by atoms with E-state index < -0.39 is 0 Å². The lowest BCUT2D eigenvalue weighted by Gasteiger charge is -2.36. The molecule has 0 saturated heterocycles. The molecule has 0 radical (unpaired) electrons. The minimum atomic E-state index is -0.104. The maximum Gasteiger partial charge on any atom is 0.0550 e. The number of anilines is 6. The smallest absolute Gasteiger partial charge is 0.0550 e. The van der Waals surface area contributed by atoms with Gasteiger partial charge in [-0.1, -0.05) is 174 Å². The quantitative estimate of drug-likeness (QED) is 0.151. The highest BCUT2D eigenvalue weighted by molar-refractivity contribution is 6.11. The van der Waals surface area contributed by atoms with Crippen LogP contribution < -0.4 is 9.80 Å². The van der Waals surface area contributed by atoms with Crippen molar-refractivity contribution in [2.75, 3.05) is 9.80 Å². The molecule has 1 fully saturated rings. The van der Waals surface area contributed by atoms with Crippen molar-refractivity contribution in [1.82, 2.24) is 9.13 Å². The minimum Gasteiger partial charge on any atom is -0.335 e. The zero-order chi connectivity index (χ0) is 50.9. The first kappa shape index (κ1) is 44.8. The number of hydrogen-bond acceptors (Lipinski definition) is 2. The first-order valence-electron chi connectivity index (χ1n) is 27.5. The van der Waals surface area contributed by atoms with Crippen molar-refractivity contribution in [3.05, 3.63) is 253 Å². The van der Waals surface area contributed by atoms with Gasteiger partial charge in [-0.15, -0.1) is 0 Å². The van der Waals surface area contributed by atoms with Crippen LogP contribution in [0.2, 0.25) is 0 Å². The molecule has 15 rings (SSSR count). The number of benzene rings is 10. The van der Waals surface area contributed by atoms with Gasteiger partial charge in [0, 0.05) is 88.6 Å². The van der Waals surface area contributed by atoms with E-state index in [2.05, 4.69) is 277 Å². The third-order valence-electron chi connectivity index (χ3n) is 17.9. The Bertz CT molecular complexity index is 4270. The van der Waals surface area contributed by atoms with E-state index >= 15 is 0 Å². The zero-order valence-corrected chi connectivity index (χ0v) is 43.7. The van der Waals surface area contributed by atoms with Crippen molar-refractivity contribution < 1.29 is 0 Å². The second kappa shape index (κ2) is 17.0. The maximum absolute atomic E-state index is 2.74. The molecule has 0 spiro atoms. The lowest BCUT2D eigenvalue weighted by Crippen LogP contribution is -2.26. The van der Waals surface area contributed by atoms with E-state index in [0.29, 0.717) is 0 Å². The van der Waals surface area contributed by atoms with Crippen molar-refractivity contribution in [2.45, 2.75) is 76.3 Å². The van der Waals surface area contributed by atoms with Crippen molar-refractivity contribution in [3.8, 4) is 22.3 Å². The molecule has 0 bridgehead atoms. The fourth-order valence-corrected chi connectivity index (χ4v) is 14.4. The Labute approximate surface area is 445 Å². The molecule has 2 aromatic heterocycles. The van der Waals surface area contributed by atoms with Gasteiger partial charge in [0.25, 0.3) is 0 Å². The van der Waals surface area contributed by atoms with Gasteiger partial charge in [-0.3, -0.25) is 0 Å². The number of nitrogens with zero attached hydrogens (tertiary/aromatic N) is 4. The van der Waals surface area contributed by atoms with Gasteiger partial charge in [0.05, 0.1) is 12.1 Å². The molecule has 1 saturated carbocycles. The summed E-state index contributed by atoms with van der Waals surface area (Å²) >= 11 is 0. The maximum atomic E-state index is 2.74. The highest BCUT2D eigenvalue weighted by Gasteiger charge is 2.38. The highest BCUT2D eigenvalue weighted by atomic mass is 15.2. The molecule has 2 unspecified atom stereocenters. The van der Waals surface area contributed by atoms with E-state index in [-0.39, 0.29) is 22.9 Å². The van der Waals surface area contributed by atoms with Crippen molar-refractivity contribution in [3.63, 3.8) is 0 Å². The third kappa shape index (κ3) is 6.62. The van der Waals surface area contributed by atoms with Gasteiger partial charge >= 0.3 is 0 Å². The topological polar surface area (TPSA) is 16.3 Å². The molecule has 0 aliphatic heterocycles. The number of para-hydroxylation sites is 4. The Morgan fingerprint density at radius 1 is 0.303 bits per heavy atom. The largest absolute Gasteiger partial charge is 0.335 e. The second-order valence-electron chi connectivity index (χ2n) is 22.7. The molecule has 12 aromatic rings. The van der Waals surface area contributed by atoms with E-state index in [9.17, 15) is 0 Å². The first-order chi connectivity index (χ1) is 37.2.